The smallest absolute Gasteiger partial charge is 0.408 e. The fraction of sp³-hybridized carbons (Fsp3) is 0.400. The van der Waals surface area contributed by atoms with Gasteiger partial charge in [0.1, 0.15) is 22.7 Å². The van der Waals surface area contributed by atoms with E-state index in [1.165, 1.54) is 6.33 Å². The van der Waals surface area contributed by atoms with E-state index in [0.717, 1.165) is 8.96 Å². The molecule has 0 spiro atoms. The first-order valence-electron chi connectivity index (χ1n) is 6.98. The summed E-state index contributed by atoms with van der Waals surface area (Å²) in [6, 6.07) is -0.301. The summed E-state index contributed by atoms with van der Waals surface area (Å²) in [6.45, 7) is 9.68. The van der Waals surface area contributed by atoms with Gasteiger partial charge < -0.3 is 14.6 Å². The van der Waals surface area contributed by atoms with Crippen molar-refractivity contribution in [2.45, 2.75) is 39.0 Å². The maximum absolute atomic E-state index is 11.9. The van der Waals surface area contributed by atoms with Crippen LogP contribution < -0.4 is 5.32 Å². The normalized spacial score (nSPS) is 12.9. The lowest BCUT2D eigenvalue weighted by molar-refractivity contribution is 0.0511. The van der Waals surface area contributed by atoms with Gasteiger partial charge in [-0.1, -0.05) is 17.7 Å². The first kappa shape index (κ1) is 18.0. The average molecular weight is 449 g/mol. The molecular weight excluding hydrogens is 431 g/mol. The molecule has 1 N–H and O–H groups in total. The third-order valence-corrected chi connectivity index (χ3v) is 4.05. The number of carbonyl (C=O) groups excluding carboxylic acids is 1. The number of aromatic nitrogens is 3. The SMILES string of the molecule is C=C[C@H](Cn1cc(I)c2c(Cl)ncnc21)NC(=O)OC(C)(C)C. The molecule has 8 heteroatoms. The van der Waals surface area contributed by atoms with E-state index in [2.05, 4.69) is 44.5 Å². The summed E-state index contributed by atoms with van der Waals surface area (Å²) >= 11 is 8.31. The van der Waals surface area contributed by atoms with E-state index in [0.29, 0.717) is 17.3 Å². The lowest BCUT2D eigenvalue weighted by Gasteiger charge is -2.22. The van der Waals surface area contributed by atoms with Gasteiger partial charge in [-0.15, -0.1) is 6.58 Å². The zero-order chi connectivity index (χ0) is 17.2. The average Bonchev–Trinajstić information content (AvgIpc) is 2.73. The number of hydrogen-bond acceptors (Lipinski definition) is 4. The number of rotatable bonds is 4. The molecule has 0 aliphatic rings. The Bertz CT molecular complexity index is 739. The summed E-state index contributed by atoms with van der Waals surface area (Å²) < 4.78 is 8.12. The molecule has 0 radical (unpaired) electrons. The van der Waals surface area contributed by atoms with Gasteiger partial charge in [-0.05, 0) is 43.4 Å². The summed E-state index contributed by atoms with van der Waals surface area (Å²) in [5.74, 6) is 0. The van der Waals surface area contributed by atoms with Crippen LogP contribution in [0.1, 0.15) is 20.8 Å². The van der Waals surface area contributed by atoms with Crippen LogP contribution in [0.25, 0.3) is 11.0 Å². The van der Waals surface area contributed by atoms with Gasteiger partial charge in [0.15, 0.2) is 0 Å². The van der Waals surface area contributed by atoms with Crippen LogP contribution in [0.4, 0.5) is 4.79 Å². The highest BCUT2D eigenvalue weighted by Crippen LogP contribution is 2.26. The van der Waals surface area contributed by atoms with Gasteiger partial charge in [-0.3, -0.25) is 0 Å². The fourth-order valence-electron chi connectivity index (χ4n) is 2.03. The van der Waals surface area contributed by atoms with Crippen LogP contribution in [-0.2, 0) is 11.3 Å². The van der Waals surface area contributed by atoms with E-state index < -0.39 is 11.7 Å². The summed E-state index contributed by atoms with van der Waals surface area (Å²) in [7, 11) is 0. The summed E-state index contributed by atoms with van der Waals surface area (Å²) in [5.41, 5.74) is 0.166. The van der Waals surface area contributed by atoms with Crippen LogP contribution in [0.2, 0.25) is 5.15 Å². The number of nitrogens with one attached hydrogen (secondary N) is 1. The monoisotopic (exact) mass is 448 g/mol. The predicted octanol–water partition coefficient (Wildman–Crippen LogP) is 3.77. The first-order chi connectivity index (χ1) is 10.7. The minimum absolute atomic E-state index is 0.301. The van der Waals surface area contributed by atoms with Crippen molar-refractivity contribution in [2.24, 2.45) is 0 Å². The summed E-state index contributed by atoms with van der Waals surface area (Å²) in [4.78, 5) is 20.2. The molecule has 0 fully saturated rings. The van der Waals surface area contributed by atoms with Crippen molar-refractivity contribution in [2.75, 3.05) is 0 Å². The molecule has 124 valence electrons. The molecule has 6 nitrogen and oxygen atoms in total. The number of ether oxygens (including phenoxy) is 1. The van der Waals surface area contributed by atoms with Gasteiger partial charge in [-0.2, -0.15) is 0 Å². The van der Waals surface area contributed by atoms with Crippen LogP contribution in [0.3, 0.4) is 0 Å². The Hall–Kier alpha value is -1.35. The number of nitrogens with zero attached hydrogens (tertiary/aromatic N) is 3. The molecule has 2 heterocycles. The minimum atomic E-state index is -0.550. The molecule has 2 aromatic heterocycles. The van der Waals surface area contributed by atoms with E-state index in [1.54, 1.807) is 6.08 Å². The molecule has 0 saturated carbocycles. The van der Waals surface area contributed by atoms with E-state index >= 15 is 0 Å². The lowest BCUT2D eigenvalue weighted by Crippen LogP contribution is -2.40. The maximum atomic E-state index is 11.9. The predicted molar refractivity (Wildman–Crippen MR) is 98.6 cm³/mol. The number of fused-ring (bicyclic) bond motifs is 1. The Balaban J connectivity index is 2.18. The highest BCUT2D eigenvalue weighted by Gasteiger charge is 2.20. The van der Waals surface area contributed by atoms with E-state index in [-0.39, 0.29) is 6.04 Å². The molecule has 23 heavy (non-hydrogen) atoms. The van der Waals surface area contributed by atoms with Crippen LogP contribution in [-0.4, -0.2) is 32.3 Å². The fourth-order valence-corrected chi connectivity index (χ4v) is 3.25. The minimum Gasteiger partial charge on any atom is -0.444 e. The Morgan fingerprint density at radius 1 is 1.57 bits per heavy atom. The van der Waals surface area contributed by atoms with E-state index in [4.69, 9.17) is 16.3 Å². The molecular formula is C15H18ClIN4O2. The van der Waals surface area contributed by atoms with Crippen LogP contribution >= 0.6 is 34.2 Å². The van der Waals surface area contributed by atoms with E-state index in [1.807, 2.05) is 31.5 Å². The van der Waals surface area contributed by atoms with Crippen molar-refractivity contribution in [3.05, 3.63) is 33.9 Å². The number of hydrogen-bond donors (Lipinski definition) is 1. The van der Waals surface area contributed by atoms with Gasteiger partial charge in [0.05, 0.1) is 11.4 Å². The molecule has 1 atom stereocenters. The number of alkyl carbamates (subject to hydrolysis) is 1. The Morgan fingerprint density at radius 2 is 2.26 bits per heavy atom. The zero-order valence-electron chi connectivity index (χ0n) is 13.1. The second-order valence-electron chi connectivity index (χ2n) is 5.98. The molecule has 0 unspecified atom stereocenters. The second-order valence-corrected chi connectivity index (χ2v) is 7.50. The van der Waals surface area contributed by atoms with Gasteiger partial charge >= 0.3 is 6.09 Å². The van der Waals surface area contributed by atoms with Gasteiger partial charge in [0, 0.05) is 16.3 Å². The molecule has 0 aliphatic heterocycles. The quantitative estimate of drug-likeness (QED) is 0.439. The van der Waals surface area contributed by atoms with Gasteiger partial charge in [-0.25, -0.2) is 14.8 Å². The molecule has 0 saturated heterocycles. The third kappa shape index (κ3) is 4.57. The van der Waals surface area contributed by atoms with Crippen molar-refractivity contribution < 1.29 is 9.53 Å². The van der Waals surface area contributed by atoms with Crippen molar-refractivity contribution in [1.82, 2.24) is 19.9 Å². The van der Waals surface area contributed by atoms with Crippen molar-refractivity contribution in [3.8, 4) is 0 Å². The van der Waals surface area contributed by atoms with Gasteiger partial charge in [0.25, 0.3) is 0 Å². The lowest BCUT2D eigenvalue weighted by atomic mass is 10.2. The molecule has 0 aromatic carbocycles. The third-order valence-electron chi connectivity index (χ3n) is 2.94. The van der Waals surface area contributed by atoms with Crippen molar-refractivity contribution >= 4 is 51.3 Å². The molecule has 2 aromatic rings. The number of halogens is 2. The maximum Gasteiger partial charge on any atom is 0.408 e. The highest BCUT2D eigenvalue weighted by atomic mass is 127. The Morgan fingerprint density at radius 3 is 2.87 bits per heavy atom. The molecule has 0 aliphatic carbocycles. The first-order valence-corrected chi connectivity index (χ1v) is 8.44. The van der Waals surface area contributed by atoms with Gasteiger partial charge in [0.2, 0.25) is 0 Å². The summed E-state index contributed by atoms with van der Waals surface area (Å²) in [5, 5.41) is 3.99. The largest absolute Gasteiger partial charge is 0.444 e. The van der Waals surface area contributed by atoms with Crippen LogP contribution in [0.5, 0.6) is 0 Å². The van der Waals surface area contributed by atoms with Crippen molar-refractivity contribution in [1.29, 1.82) is 0 Å². The summed E-state index contributed by atoms with van der Waals surface area (Å²) in [6.07, 6.45) is 4.51. The molecule has 0 bridgehead atoms. The second kappa shape index (κ2) is 7.04. The molecule has 2 rings (SSSR count). The van der Waals surface area contributed by atoms with Crippen LogP contribution in [0, 0.1) is 3.57 Å². The Labute approximate surface area is 153 Å². The Kier molecular flexibility index (Phi) is 5.51. The van der Waals surface area contributed by atoms with Crippen molar-refractivity contribution in [3.63, 3.8) is 0 Å². The highest BCUT2D eigenvalue weighted by molar-refractivity contribution is 14.1. The number of amides is 1. The number of carbonyl (C=O) groups is 1. The molecule has 1 amide bonds. The standard InChI is InChI=1S/C15H18ClIN4O2/c1-5-9(20-14(22)23-15(2,3)4)6-21-7-10(17)11-12(16)18-8-19-13(11)21/h5,7-9H,1,6H2,2-4H3,(H,20,22)/t9-/m1/s1. The van der Waals surface area contributed by atoms with Crippen LogP contribution in [0.15, 0.2) is 25.2 Å². The zero-order valence-corrected chi connectivity index (χ0v) is 16.1. The topological polar surface area (TPSA) is 69.0 Å². The van der Waals surface area contributed by atoms with E-state index in [9.17, 15) is 4.79 Å².